The number of aryl methyl sites for hydroxylation is 2. The molecule has 4 rings (SSSR count). The lowest BCUT2D eigenvalue weighted by Gasteiger charge is -2.16. The summed E-state index contributed by atoms with van der Waals surface area (Å²) in [6.45, 7) is 5.65. The molecule has 0 aliphatic rings. The monoisotopic (exact) mass is 488 g/mol. The summed E-state index contributed by atoms with van der Waals surface area (Å²) in [6.07, 6.45) is 1.70. The van der Waals surface area contributed by atoms with Crippen molar-refractivity contribution in [3.8, 4) is 16.9 Å². The highest BCUT2D eigenvalue weighted by atomic mass is 32.2. The van der Waals surface area contributed by atoms with Crippen LogP contribution in [0.25, 0.3) is 16.9 Å². The number of nitrogens with one attached hydrogen (secondary N) is 1. The molecule has 180 valence electrons. The van der Waals surface area contributed by atoms with E-state index in [9.17, 15) is 13.2 Å². The van der Waals surface area contributed by atoms with Crippen molar-refractivity contribution in [1.29, 1.82) is 0 Å². The van der Waals surface area contributed by atoms with Crippen LogP contribution < -0.4 is 5.32 Å². The number of hydrogen-bond acceptors (Lipinski definition) is 4. The van der Waals surface area contributed by atoms with Crippen LogP contribution in [0.2, 0.25) is 0 Å². The standard InChI is InChI=1S/C27H28N4O3S/c1-18-11-9-10-14-23(18)26-24(17-31(29-26)21-12-7-6-8-13-21)27(32)28-25-16-22(15-19(2)20(25)3)35(33,34)30(4)5/h6-17H,1-5H3,(H,28,32). The van der Waals surface area contributed by atoms with Crippen LogP contribution in [-0.2, 0) is 10.0 Å². The molecule has 1 heterocycles. The lowest BCUT2D eigenvalue weighted by molar-refractivity contribution is 0.102. The second-order valence-corrected chi connectivity index (χ2v) is 10.8. The van der Waals surface area contributed by atoms with Gasteiger partial charge in [-0.1, -0.05) is 42.5 Å². The molecule has 1 N–H and O–H groups in total. The van der Waals surface area contributed by atoms with Crippen molar-refractivity contribution in [1.82, 2.24) is 14.1 Å². The van der Waals surface area contributed by atoms with Crippen molar-refractivity contribution < 1.29 is 13.2 Å². The van der Waals surface area contributed by atoms with Crippen LogP contribution >= 0.6 is 0 Å². The van der Waals surface area contributed by atoms with E-state index in [1.54, 1.807) is 16.9 Å². The summed E-state index contributed by atoms with van der Waals surface area (Å²) in [5.74, 6) is -0.368. The van der Waals surface area contributed by atoms with Crippen LogP contribution in [0.15, 0.2) is 77.8 Å². The molecule has 8 heteroatoms. The van der Waals surface area contributed by atoms with E-state index in [2.05, 4.69) is 5.32 Å². The molecule has 0 unspecified atom stereocenters. The van der Waals surface area contributed by atoms with Gasteiger partial charge in [-0.2, -0.15) is 5.10 Å². The van der Waals surface area contributed by atoms with Gasteiger partial charge < -0.3 is 5.32 Å². The molecule has 0 saturated heterocycles. The maximum atomic E-state index is 13.6. The molecule has 0 aliphatic heterocycles. The van der Waals surface area contributed by atoms with Gasteiger partial charge in [0.25, 0.3) is 5.91 Å². The molecule has 7 nitrogen and oxygen atoms in total. The van der Waals surface area contributed by atoms with E-state index in [0.717, 1.165) is 32.2 Å². The van der Waals surface area contributed by atoms with Crippen LogP contribution in [0.3, 0.4) is 0 Å². The Morgan fingerprint density at radius 1 is 0.914 bits per heavy atom. The summed E-state index contributed by atoms with van der Waals surface area (Å²) in [4.78, 5) is 13.7. The lowest BCUT2D eigenvalue weighted by atomic mass is 10.0. The van der Waals surface area contributed by atoms with Gasteiger partial charge in [-0.25, -0.2) is 17.4 Å². The number of nitrogens with zero attached hydrogens (tertiary/aromatic N) is 3. The largest absolute Gasteiger partial charge is 0.322 e. The number of para-hydroxylation sites is 1. The van der Waals surface area contributed by atoms with E-state index >= 15 is 0 Å². The Bertz CT molecular complexity index is 1510. The van der Waals surface area contributed by atoms with Gasteiger partial charge in [-0.3, -0.25) is 4.79 Å². The number of aromatic nitrogens is 2. The van der Waals surface area contributed by atoms with E-state index in [1.165, 1.54) is 20.2 Å². The highest BCUT2D eigenvalue weighted by Gasteiger charge is 2.23. The molecule has 0 saturated carbocycles. The van der Waals surface area contributed by atoms with Gasteiger partial charge in [0.2, 0.25) is 10.0 Å². The molecule has 0 atom stereocenters. The van der Waals surface area contributed by atoms with Gasteiger partial charge in [0.1, 0.15) is 5.69 Å². The number of rotatable bonds is 6. The van der Waals surface area contributed by atoms with Crippen LogP contribution in [0.5, 0.6) is 0 Å². The molecule has 3 aromatic carbocycles. The molecule has 0 radical (unpaired) electrons. The Hall–Kier alpha value is -3.75. The topological polar surface area (TPSA) is 84.3 Å². The zero-order chi connectivity index (χ0) is 25.3. The summed E-state index contributed by atoms with van der Waals surface area (Å²) < 4.78 is 28.3. The highest BCUT2D eigenvalue weighted by Crippen LogP contribution is 2.30. The maximum Gasteiger partial charge on any atom is 0.259 e. The number of benzene rings is 3. The molecule has 0 fully saturated rings. The number of carbonyl (C=O) groups is 1. The van der Waals surface area contributed by atoms with Crippen molar-refractivity contribution in [2.45, 2.75) is 25.7 Å². The molecule has 4 aromatic rings. The lowest BCUT2D eigenvalue weighted by Crippen LogP contribution is -2.23. The second kappa shape index (κ2) is 9.48. The normalized spacial score (nSPS) is 11.6. The molecule has 1 aromatic heterocycles. The fraction of sp³-hybridized carbons (Fsp3) is 0.185. The van der Waals surface area contributed by atoms with Crippen molar-refractivity contribution >= 4 is 21.6 Å². The SMILES string of the molecule is Cc1ccccc1-c1nn(-c2ccccc2)cc1C(=O)Nc1cc(S(=O)(=O)N(C)C)cc(C)c1C. The molecule has 0 bridgehead atoms. The van der Waals surface area contributed by atoms with E-state index in [-0.39, 0.29) is 10.8 Å². The van der Waals surface area contributed by atoms with Crippen LogP contribution in [0, 0.1) is 20.8 Å². The minimum atomic E-state index is -3.66. The van der Waals surface area contributed by atoms with E-state index in [1.807, 2.05) is 75.4 Å². The number of sulfonamides is 1. The van der Waals surface area contributed by atoms with Gasteiger partial charge in [-0.15, -0.1) is 0 Å². The Balaban J connectivity index is 1.81. The number of carbonyl (C=O) groups excluding carboxylic acids is 1. The molecule has 0 spiro atoms. The molecule has 35 heavy (non-hydrogen) atoms. The highest BCUT2D eigenvalue weighted by molar-refractivity contribution is 7.89. The Morgan fingerprint density at radius 3 is 2.23 bits per heavy atom. The first-order valence-corrected chi connectivity index (χ1v) is 12.6. The van der Waals surface area contributed by atoms with Crippen LogP contribution in [0.4, 0.5) is 5.69 Å². The summed E-state index contributed by atoms with van der Waals surface area (Å²) >= 11 is 0. The van der Waals surface area contributed by atoms with E-state index in [0.29, 0.717) is 16.9 Å². The van der Waals surface area contributed by atoms with E-state index < -0.39 is 10.0 Å². The van der Waals surface area contributed by atoms with Crippen molar-refractivity contribution in [3.63, 3.8) is 0 Å². The third-order valence-electron chi connectivity index (χ3n) is 6.05. The van der Waals surface area contributed by atoms with Crippen molar-refractivity contribution in [3.05, 3.63) is 95.2 Å². The molecule has 0 aliphatic carbocycles. The quantitative estimate of drug-likeness (QED) is 0.415. The van der Waals surface area contributed by atoms with E-state index in [4.69, 9.17) is 5.10 Å². The number of anilines is 1. The molecule has 1 amide bonds. The van der Waals surface area contributed by atoms with Gasteiger partial charge in [0.15, 0.2) is 0 Å². The Morgan fingerprint density at radius 2 is 1.57 bits per heavy atom. The summed E-state index contributed by atoms with van der Waals surface area (Å²) in [7, 11) is -0.699. The summed E-state index contributed by atoms with van der Waals surface area (Å²) in [5.41, 5.74) is 5.62. The van der Waals surface area contributed by atoms with Gasteiger partial charge >= 0.3 is 0 Å². The fourth-order valence-electron chi connectivity index (χ4n) is 3.80. The van der Waals surface area contributed by atoms with Crippen molar-refractivity contribution in [2.75, 3.05) is 19.4 Å². The predicted molar refractivity (Wildman–Crippen MR) is 138 cm³/mol. The van der Waals surface area contributed by atoms with Gasteiger partial charge in [0, 0.05) is 31.5 Å². The minimum absolute atomic E-state index is 0.125. The van der Waals surface area contributed by atoms with Crippen LogP contribution in [-0.4, -0.2) is 42.5 Å². The van der Waals surface area contributed by atoms with Crippen LogP contribution in [0.1, 0.15) is 27.0 Å². The smallest absolute Gasteiger partial charge is 0.259 e. The maximum absolute atomic E-state index is 13.6. The average Bonchev–Trinajstić information content (AvgIpc) is 3.28. The zero-order valence-corrected chi connectivity index (χ0v) is 21.2. The van der Waals surface area contributed by atoms with Gasteiger partial charge in [-0.05, 0) is 61.7 Å². The number of amides is 1. The first-order valence-electron chi connectivity index (χ1n) is 11.2. The summed E-state index contributed by atoms with van der Waals surface area (Å²) in [6, 6.07) is 20.5. The van der Waals surface area contributed by atoms with Gasteiger partial charge in [0.05, 0.1) is 16.1 Å². The Labute approximate surface area is 206 Å². The Kier molecular flexibility index (Phi) is 6.60. The molecular weight excluding hydrogens is 460 g/mol. The fourth-order valence-corrected chi connectivity index (χ4v) is 4.81. The summed E-state index contributed by atoms with van der Waals surface area (Å²) in [5, 5.41) is 7.69. The first kappa shape index (κ1) is 24.4. The minimum Gasteiger partial charge on any atom is -0.322 e. The van der Waals surface area contributed by atoms with Crippen molar-refractivity contribution in [2.24, 2.45) is 0 Å². The first-order chi connectivity index (χ1) is 16.6. The second-order valence-electron chi connectivity index (χ2n) is 8.64. The predicted octanol–water partition coefficient (Wildman–Crippen LogP) is 4.97. The molecular formula is C27H28N4O3S. The third-order valence-corrected chi connectivity index (χ3v) is 7.84. The number of hydrogen-bond donors (Lipinski definition) is 1. The zero-order valence-electron chi connectivity index (χ0n) is 20.4. The third kappa shape index (κ3) is 4.76. The average molecular weight is 489 g/mol.